The Hall–Kier alpha value is -4.65. The summed E-state index contributed by atoms with van der Waals surface area (Å²) in [5, 5.41) is 5.86. The Kier molecular flexibility index (Phi) is 9.31. The lowest BCUT2D eigenvalue weighted by Crippen LogP contribution is -2.49. The Balaban J connectivity index is 1.82. The molecule has 1 aromatic heterocycles. The second-order valence-corrected chi connectivity index (χ2v) is 11.8. The van der Waals surface area contributed by atoms with Crippen molar-refractivity contribution in [3.05, 3.63) is 124 Å². The quantitative estimate of drug-likeness (QED) is 0.239. The Morgan fingerprint density at radius 2 is 1.48 bits per heavy atom. The third-order valence-electron chi connectivity index (χ3n) is 6.84. The van der Waals surface area contributed by atoms with Crippen molar-refractivity contribution in [2.75, 3.05) is 5.32 Å². The highest BCUT2D eigenvalue weighted by molar-refractivity contribution is 5.97. The van der Waals surface area contributed by atoms with E-state index < -0.39 is 23.7 Å². The third-order valence-corrected chi connectivity index (χ3v) is 6.84. The van der Waals surface area contributed by atoms with Crippen molar-refractivity contribution in [2.45, 2.75) is 65.1 Å². The van der Waals surface area contributed by atoms with Crippen LogP contribution in [-0.4, -0.2) is 28.2 Å². The molecule has 2 amide bonds. The number of aromatic nitrogens is 1. The minimum atomic E-state index is -1.01. The number of nitrogens with zero attached hydrogens (tertiary/aromatic N) is 1. The molecular formula is C35H39N3O4. The molecule has 7 heteroatoms. The van der Waals surface area contributed by atoms with Crippen molar-refractivity contribution in [3.8, 4) is 11.1 Å². The molecule has 0 aliphatic heterocycles. The molecule has 42 heavy (non-hydrogen) atoms. The molecule has 218 valence electrons. The van der Waals surface area contributed by atoms with Gasteiger partial charge in [-0.3, -0.25) is 9.59 Å². The summed E-state index contributed by atoms with van der Waals surface area (Å²) in [7, 11) is 0. The molecule has 4 rings (SSSR count). The van der Waals surface area contributed by atoms with Crippen LogP contribution in [0, 0.1) is 6.92 Å². The molecule has 0 bridgehead atoms. The summed E-state index contributed by atoms with van der Waals surface area (Å²) in [6, 6.07) is 27.3. The normalized spacial score (nSPS) is 12.8. The first-order chi connectivity index (χ1) is 19.9. The van der Waals surface area contributed by atoms with Crippen LogP contribution in [0.1, 0.15) is 63.3 Å². The van der Waals surface area contributed by atoms with E-state index in [1.165, 1.54) is 0 Å². The number of carbonyl (C=O) groups is 2. The summed E-state index contributed by atoms with van der Waals surface area (Å²) in [5.74, 6) is -0.933. The number of carbonyl (C=O) groups excluding carboxylic acids is 2. The number of pyridine rings is 1. The Labute approximate surface area is 247 Å². The standard InChI is InChI=1S/C35H39N3O4/c1-23(2)38-22-28(17-20-30(38)39)26-13-10-14-27(21-26)31(25-11-8-7-9-12-25)32(37-34(41)42-35(4,5)6)33(40)36-29-18-15-24(3)16-19-29/h7-23,31-32H,1-6H3,(H,36,40)(H,37,41). The molecule has 0 aliphatic carbocycles. The van der Waals surface area contributed by atoms with E-state index in [0.29, 0.717) is 5.69 Å². The SMILES string of the molecule is Cc1ccc(NC(=O)C(NC(=O)OC(C)(C)C)C(c2ccccc2)c2cccc(-c3ccc(=O)n(C(C)C)c3)c2)cc1. The van der Waals surface area contributed by atoms with Crippen molar-refractivity contribution in [1.29, 1.82) is 0 Å². The lowest BCUT2D eigenvalue weighted by atomic mass is 9.83. The summed E-state index contributed by atoms with van der Waals surface area (Å²) in [5.41, 5.74) is 4.31. The van der Waals surface area contributed by atoms with Gasteiger partial charge in [0.05, 0.1) is 0 Å². The monoisotopic (exact) mass is 565 g/mol. The summed E-state index contributed by atoms with van der Waals surface area (Å²) in [4.78, 5) is 39.5. The zero-order valence-corrected chi connectivity index (χ0v) is 25.0. The van der Waals surface area contributed by atoms with E-state index in [9.17, 15) is 14.4 Å². The molecule has 0 fully saturated rings. The molecule has 0 radical (unpaired) electrons. The first kappa shape index (κ1) is 30.3. The van der Waals surface area contributed by atoms with Crippen LogP contribution in [0.5, 0.6) is 0 Å². The van der Waals surface area contributed by atoms with Gasteiger partial charge in [-0.25, -0.2) is 4.79 Å². The zero-order valence-electron chi connectivity index (χ0n) is 25.0. The van der Waals surface area contributed by atoms with Crippen molar-refractivity contribution in [2.24, 2.45) is 0 Å². The van der Waals surface area contributed by atoms with Crippen molar-refractivity contribution in [1.82, 2.24) is 9.88 Å². The van der Waals surface area contributed by atoms with E-state index in [1.807, 2.05) is 106 Å². The zero-order chi connectivity index (χ0) is 30.4. The first-order valence-electron chi connectivity index (χ1n) is 14.2. The highest BCUT2D eigenvalue weighted by Crippen LogP contribution is 2.32. The number of hydrogen-bond acceptors (Lipinski definition) is 4. The average molecular weight is 566 g/mol. The number of benzene rings is 3. The summed E-state index contributed by atoms with van der Waals surface area (Å²) in [6.45, 7) is 11.2. The van der Waals surface area contributed by atoms with Crippen LogP contribution in [0.2, 0.25) is 0 Å². The minimum Gasteiger partial charge on any atom is -0.444 e. The molecule has 3 aromatic carbocycles. The van der Waals surface area contributed by atoms with Gasteiger partial charge < -0.3 is 19.9 Å². The number of anilines is 1. The van der Waals surface area contributed by atoms with E-state index in [0.717, 1.165) is 27.8 Å². The maximum Gasteiger partial charge on any atom is 0.408 e. The molecule has 0 saturated carbocycles. The number of nitrogens with one attached hydrogen (secondary N) is 2. The molecule has 1 heterocycles. The largest absolute Gasteiger partial charge is 0.444 e. The summed E-state index contributed by atoms with van der Waals surface area (Å²) >= 11 is 0. The Bertz CT molecular complexity index is 1590. The molecule has 2 N–H and O–H groups in total. The van der Waals surface area contributed by atoms with E-state index in [1.54, 1.807) is 37.5 Å². The highest BCUT2D eigenvalue weighted by atomic mass is 16.6. The lowest BCUT2D eigenvalue weighted by Gasteiger charge is -2.30. The maximum atomic E-state index is 14.0. The second kappa shape index (κ2) is 12.9. The van der Waals surface area contributed by atoms with E-state index >= 15 is 0 Å². The molecule has 0 aliphatic rings. The summed E-state index contributed by atoms with van der Waals surface area (Å²) in [6.07, 6.45) is 1.16. The molecule has 7 nitrogen and oxygen atoms in total. The molecule has 4 aromatic rings. The fourth-order valence-corrected chi connectivity index (χ4v) is 4.82. The van der Waals surface area contributed by atoms with Crippen LogP contribution in [0.3, 0.4) is 0 Å². The second-order valence-electron chi connectivity index (χ2n) is 11.8. The van der Waals surface area contributed by atoms with Gasteiger partial charge in [0.25, 0.3) is 5.56 Å². The number of aryl methyl sites for hydroxylation is 1. The van der Waals surface area contributed by atoms with Gasteiger partial charge in [-0.1, -0.05) is 72.3 Å². The van der Waals surface area contributed by atoms with Gasteiger partial charge in [-0.15, -0.1) is 0 Å². The van der Waals surface area contributed by atoms with Crippen molar-refractivity contribution >= 4 is 17.7 Å². The van der Waals surface area contributed by atoms with Gasteiger partial charge >= 0.3 is 6.09 Å². The topological polar surface area (TPSA) is 89.4 Å². The third kappa shape index (κ3) is 7.75. The minimum absolute atomic E-state index is 0.00517. The Morgan fingerprint density at radius 1 is 0.810 bits per heavy atom. The fraction of sp³-hybridized carbons (Fsp3) is 0.286. The van der Waals surface area contributed by atoms with E-state index in [-0.39, 0.29) is 17.5 Å². The van der Waals surface area contributed by atoms with Gasteiger partial charge in [-0.2, -0.15) is 0 Å². The number of amides is 2. The van der Waals surface area contributed by atoms with Gasteiger partial charge in [0.15, 0.2) is 0 Å². The van der Waals surface area contributed by atoms with Gasteiger partial charge in [0.1, 0.15) is 11.6 Å². The summed E-state index contributed by atoms with van der Waals surface area (Å²) < 4.78 is 7.28. The Morgan fingerprint density at radius 3 is 2.12 bits per heavy atom. The van der Waals surface area contributed by atoms with Crippen LogP contribution in [-0.2, 0) is 9.53 Å². The molecule has 2 atom stereocenters. The predicted octanol–water partition coefficient (Wildman–Crippen LogP) is 7.07. The van der Waals surface area contributed by atoms with Crippen LogP contribution in [0.4, 0.5) is 10.5 Å². The molecule has 0 spiro atoms. The predicted molar refractivity (Wildman–Crippen MR) is 168 cm³/mol. The van der Waals surface area contributed by atoms with Crippen molar-refractivity contribution in [3.63, 3.8) is 0 Å². The van der Waals surface area contributed by atoms with E-state index in [2.05, 4.69) is 10.6 Å². The van der Waals surface area contributed by atoms with Gasteiger partial charge in [0.2, 0.25) is 5.91 Å². The number of rotatable bonds is 8. The van der Waals surface area contributed by atoms with Crippen LogP contribution < -0.4 is 16.2 Å². The number of hydrogen-bond donors (Lipinski definition) is 2. The molecular weight excluding hydrogens is 526 g/mol. The number of ether oxygens (including phenoxy) is 1. The van der Waals surface area contributed by atoms with Gasteiger partial charge in [0, 0.05) is 29.9 Å². The average Bonchev–Trinajstić information content (AvgIpc) is 2.94. The highest BCUT2D eigenvalue weighted by Gasteiger charge is 2.34. The molecule has 0 saturated heterocycles. The maximum absolute atomic E-state index is 14.0. The van der Waals surface area contributed by atoms with Crippen LogP contribution >= 0.6 is 0 Å². The van der Waals surface area contributed by atoms with Crippen molar-refractivity contribution < 1.29 is 14.3 Å². The number of alkyl carbamates (subject to hydrolysis) is 1. The smallest absolute Gasteiger partial charge is 0.408 e. The lowest BCUT2D eigenvalue weighted by molar-refractivity contribution is -0.118. The fourth-order valence-electron chi connectivity index (χ4n) is 4.82. The van der Waals surface area contributed by atoms with E-state index in [4.69, 9.17) is 4.74 Å². The first-order valence-corrected chi connectivity index (χ1v) is 14.2. The van der Waals surface area contributed by atoms with Gasteiger partial charge in [-0.05, 0) is 82.0 Å². The molecule has 2 unspecified atom stereocenters. The van der Waals surface area contributed by atoms with Crippen LogP contribution in [0.15, 0.2) is 102 Å². The van der Waals surface area contributed by atoms with Crippen LogP contribution in [0.25, 0.3) is 11.1 Å².